The fourth-order valence-corrected chi connectivity index (χ4v) is 3.25. The molecule has 0 aliphatic carbocycles. The SMILES string of the molecule is COc1cc(/C=C(\C#N)C(=O)Nc2c(Cl)cccc2Cl)cc(Br)c1OC. The molecule has 2 aromatic rings. The van der Waals surface area contributed by atoms with Crippen molar-refractivity contribution in [3.63, 3.8) is 0 Å². The molecular formula is C18H13BrCl2N2O3. The average Bonchev–Trinajstić information content (AvgIpc) is 2.62. The zero-order chi connectivity index (χ0) is 19.3. The van der Waals surface area contributed by atoms with E-state index in [0.29, 0.717) is 21.5 Å². The van der Waals surface area contributed by atoms with Crippen molar-refractivity contribution in [1.82, 2.24) is 0 Å². The summed E-state index contributed by atoms with van der Waals surface area (Å²) >= 11 is 15.4. The number of hydrogen-bond donors (Lipinski definition) is 1. The number of hydrogen-bond acceptors (Lipinski definition) is 4. The van der Waals surface area contributed by atoms with Crippen LogP contribution in [0.3, 0.4) is 0 Å². The average molecular weight is 456 g/mol. The Bertz CT molecular complexity index is 903. The molecule has 1 amide bonds. The fraction of sp³-hybridized carbons (Fsp3) is 0.111. The first-order valence-electron chi connectivity index (χ1n) is 7.20. The van der Waals surface area contributed by atoms with E-state index in [2.05, 4.69) is 21.2 Å². The summed E-state index contributed by atoms with van der Waals surface area (Å²) in [6, 6.07) is 10.1. The number of nitriles is 1. The number of nitrogens with one attached hydrogen (secondary N) is 1. The van der Waals surface area contributed by atoms with E-state index in [1.807, 2.05) is 6.07 Å². The summed E-state index contributed by atoms with van der Waals surface area (Å²) in [5.41, 5.74) is 0.696. The molecule has 2 aromatic carbocycles. The molecule has 0 saturated carbocycles. The standard InChI is InChI=1S/C18H13BrCl2N2O3/c1-25-15-8-10(7-12(19)17(15)26-2)6-11(9-22)18(24)23-16-13(20)4-3-5-14(16)21/h3-8H,1-2H3,(H,23,24)/b11-6+. The minimum atomic E-state index is -0.631. The Morgan fingerprint density at radius 1 is 1.23 bits per heavy atom. The number of carbonyl (C=O) groups is 1. The molecule has 2 rings (SSSR count). The molecule has 0 bridgehead atoms. The zero-order valence-electron chi connectivity index (χ0n) is 13.8. The number of amides is 1. The van der Waals surface area contributed by atoms with E-state index in [9.17, 15) is 10.1 Å². The largest absolute Gasteiger partial charge is 0.493 e. The summed E-state index contributed by atoms with van der Waals surface area (Å²) in [4.78, 5) is 12.4. The molecule has 26 heavy (non-hydrogen) atoms. The second-order valence-electron chi connectivity index (χ2n) is 4.96. The summed E-state index contributed by atoms with van der Waals surface area (Å²) in [5, 5.41) is 12.5. The molecule has 8 heteroatoms. The first-order valence-corrected chi connectivity index (χ1v) is 8.74. The van der Waals surface area contributed by atoms with Crippen molar-refractivity contribution in [2.24, 2.45) is 0 Å². The van der Waals surface area contributed by atoms with Gasteiger partial charge in [-0.3, -0.25) is 4.79 Å². The number of benzene rings is 2. The summed E-state index contributed by atoms with van der Waals surface area (Å²) in [7, 11) is 3.01. The maximum absolute atomic E-state index is 12.4. The van der Waals surface area contributed by atoms with Gasteiger partial charge >= 0.3 is 0 Å². The van der Waals surface area contributed by atoms with Gasteiger partial charge in [0.25, 0.3) is 5.91 Å². The van der Waals surface area contributed by atoms with Gasteiger partial charge in [0, 0.05) is 0 Å². The number of para-hydroxylation sites is 1. The molecule has 0 radical (unpaired) electrons. The number of nitrogens with zero attached hydrogens (tertiary/aromatic N) is 1. The lowest BCUT2D eigenvalue weighted by molar-refractivity contribution is -0.112. The first kappa shape index (κ1) is 20.1. The first-order chi connectivity index (χ1) is 12.4. The third kappa shape index (κ3) is 4.50. The Morgan fingerprint density at radius 3 is 2.42 bits per heavy atom. The monoisotopic (exact) mass is 454 g/mol. The topological polar surface area (TPSA) is 71.3 Å². The Morgan fingerprint density at radius 2 is 1.88 bits per heavy atom. The smallest absolute Gasteiger partial charge is 0.266 e. The predicted octanol–water partition coefficient (Wildman–Crippen LogP) is 5.32. The predicted molar refractivity (Wildman–Crippen MR) is 106 cm³/mol. The molecule has 0 aliphatic heterocycles. The van der Waals surface area contributed by atoms with Crippen LogP contribution in [0.2, 0.25) is 10.0 Å². The van der Waals surface area contributed by atoms with E-state index in [1.165, 1.54) is 20.3 Å². The summed E-state index contributed by atoms with van der Waals surface area (Å²) < 4.78 is 11.1. The van der Waals surface area contributed by atoms with Crippen molar-refractivity contribution < 1.29 is 14.3 Å². The van der Waals surface area contributed by atoms with Gasteiger partial charge in [-0.2, -0.15) is 5.26 Å². The molecule has 0 fully saturated rings. The van der Waals surface area contributed by atoms with Crippen LogP contribution in [-0.4, -0.2) is 20.1 Å². The highest BCUT2D eigenvalue weighted by atomic mass is 79.9. The lowest BCUT2D eigenvalue weighted by Gasteiger charge is -2.11. The molecule has 0 atom stereocenters. The van der Waals surface area contributed by atoms with Crippen LogP contribution in [0.4, 0.5) is 5.69 Å². The van der Waals surface area contributed by atoms with Gasteiger partial charge in [0.15, 0.2) is 11.5 Å². The molecular weight excluding hydrogens is 443 g/mol. The van der Waals surface area contributed by atoms with Gasteiger partial charge in [0.2, 0.25) is 0 Å². The third-order valence-corrected chi connectivity index (χ3v) is 4.55. The van der Waals surface area contributed by atoms with E-state index >= 15 is 0 Å². The normalized spacial score (nSPS) is 10.8. The van der Waals surface area contributed by atoms with E-state index in [-0.39, 0.29) is 21.3 Å². The van der Waals surface area contributed by atoms with Crippen molar-refractivity contribution in [3.05, 3.63) is 56.0 Å². The van der Waals surface area contributed by atoms with Crippen LogP contribution in [0.15, 0.2) is 40.4 Å². The Kier molecular flexibility index (Phi) is 6.92. The van der Waals surface area contributed by atoms with E-state index in [0.717, 1.165) is 0 Å². The van der Waals surface area contributed by atoms with Gasteiger partial charge in [0.05, 0.1) is 34.4 Å². The molecule has 5 nitrogen and oxygen atoms in total. The van der Waals surface area contributed by atoms with Gasteiger partial charge in [-0.05, 0) is 51.8 Å². The Balaban J connectivity index is 2.38. The molecule has 0 spiro atoms. The van der Waals surface area contributed by atoms with Crippen LogP contribution in [0, 0.1) is 11.3 Å². The lowest BCUT2D eigenvalue weighted by Crippen LogP contribution is -2.14. The number of rotatable bonds is 5. The highest BCUT2D eigenvalue weighted by Crippen LogP contribution is 2.37. The lowest BCUT2D eigenvalue weighted by atomic mass is 10.1. The maximum Gasteiger partial charge on any atom is 0.266 e. The van der Waals surface area contributed by atoms with E-state index in [1.54, 1.807) is 30.3 Å². The number of ether oxygens (including phenoxy) is 2. The second-order valence-corrected chi connectivity index (χ2v) is 6.63. The summed E-state index contributed by atoms with van der Waals surface area (Å²) in [6.45, 7) is 0. The van der Waals surface area contributed by atoms with Crippen LogP contribution in [0.5, 0.6) is 11.5 Å². The van der Waals surface area contributed by atoms with Gasteiger partial charge in [-0.25, -0.2) is 0 Å². The van der Waals surface area contributed by atoms with Crippen molar-refractivity contribution in [2.75, 3.05) is 19.5 Å². The van der Waals surface area contributed by atoms with Crippen LogP contribution in [0.1, 0.15) is 5.56 Å². The van der Waals surface area contributed by atoms with Gasteiger partial charge in [-0.15, -0.1) is 0 Å². The third-order valence-electron chi connectivity index (χ3n) is 3.33. The molecule has 1 N–H and O–H groups in total. The van der Waals surface area contributed by atoms with Gasteiger partial charge < -0.3 is 14.8 Å². The van der Waals surface area contributed by atoms with Gasteiger partial charge in [0.1, 0.15) is 11.6 Å². The highest BCUT2D eigenvalue weighted by molar-refractivity contribution is 9.10. The maximum atomic E-state index is 12.4. The van der Waals surface area contributed by atoms with Crippen molar-refractivity contribution in [2.45, 2.75) is 0 Å². The minimum Gasteiger partial charge on any atom is -0.493 e. The molecule has 134 valence electrons. The number of anilines is 1. The molecule has 0 aromatic heterocycles. The van der Waals surface area contributed by atoms with Crippen molar-refractivity contribution in [3.8, 4) is 17.6 Å². The molecule has 0 heterocycles. The summed E-state index contributed by atoms with van der Waals surface area (Å²) in [6.07, 6.45) is 1.42. The van der Waals surface area contributed by atoms with Crippen molar-refractivity contribution in [1.29, 1.82) is 5.26 Å². The van der Waals surface area contributed by atoms with Crippen LogP contribution in [-0.2, 0) is 4.79 Å². The Hall–Kier alpha value is -2.20. The van der Waals surface area contributed by atoms with Crippen LogP contribution >= 0.6 is 39.1 Å². The number of carbonyl (C=O) groups excluding carboxylic acids is 1. The minimum absolute atomic E-state index is 0.125. The van der Waals surface area contributed by atoms with Crippen LogP contribution < -0.4 is 14.8 Å². The second kappa shape index (κ2) is 8.95. The Labute approximate surface area is 169 Å². The van der Waals surface area contributed by atoms with Crippen molar-refractivity contribution >= 4 is 56.8 Å². The quantitative estimate of drug-likeness (QED) is 0.489. The highest BCUT2D eigenvalue weighted by Gasteiger charge is 2.15. The fourth-order valence-electron chi connectivity index (χ4n) is 2.13. The van der Waals surface area contributed by atoms with E-state index in [4.69, 9.17) is 32.7 Å². The van der Waals surface area contributed by atoms with Gasteiger partial charge in [-0.1, -0.05) is 29.3 Å². The van der Waals surface area contributed by atoms with Crippen LogP contribution in [0.25, 0.3) is 6.08 Å². The molecule has 0 aliphatic rings. The van der Waals surface area contributed by atoms with E-state index < -0.39 is 5.91 Å². The molecule has 0 saturated heterocycles. The number of halogens is 3. The summed E-state index contributed by atoms with van der Waals surface area (Å²) in [5.74, 6) is 0.337. The number of methoxy groups -OCH3 is 2. The molecule has 0 unspecified atom stereocenters. The zero-order valence-corrected chi connectivity index (χ0v) is 16.9.